The third kappa shape index (κ3) is 3.56. The minimum atomic E-state index is -0.367. The number of hydrogen-bond donors (Lipinski definition) is 1. The van der Waals surface area contributed by atoms with Gasteiger partial charge in [-0.1, -0.05) is 12.1 Å². The van der Waals surface area contributed by atoms with Gasteiger partial charge in [0.25, 0.3) is 0 Å². The van der Waals surface area contributed by atoms with Crippen molar-refractivity contribution in [3.8, 4) is 0 Å². The number of benzene rings is 1. The van der Waals surface area contributed by atoms with Gasteiger partial charge in [-0.25, -0.2) is 4.68 Å². The van der Waals surface area contributed by atoms with Gasteiger partial charge >= 0.3 is 5.97 Å². The maximum absolute atomic E-state index is 12.2. The number of amides is 1. The van der Waals surface area contributed by atoms with E-state index in [4.69, 9.17) is 4.74 Å². The molecule has 132 valence electrons. The van der Waals surface area contributed by atoms with E-state index < -0.39 is 0 Å². The number of nitrogens with one attached hydrogen (secondary N) is 1. The first-order valence-corrected chi connectivity index (χ1v) is 9.42. The highest BCUT2D eigenvalue weighted by Crippen LogP contribution is 2.39. The lowest BCUT2D eigenvalue weighted by Crippen LogP contribution is -2.26. The largest absolute Gasteiger partial charge is 0.465 e. The molecule has 1 aliphatic rings. The fraction of sp³-hybridized carbons (Fsp3) is 0.389. The molecule has 25 heavy (non-hydrogen) atoms. The molecule has 0 saturated heterocycles. The van der Waals surface area contributed by atoms with Crippen molar-refractivity contribution in [3.05, 3.63) is 41.1 Å². The van der Waals surface area contributed by atoms with Crippen LogP contribution in [0.1, 0.15) is 36.1 Å². The fourth-order valence-corrected chi connectivity index (χ4v) is 3.59. The second kappa shape index (κ2) is 7.31. The topological polar surface area (TPSA) is 73.2 Å². The molecule has 1 atom stereocenters. The number of aryl methyl sites for hydroxylation is 1. The molecule has 1 amide bonds. The highest BCUT2D eigenvalue weighted by atomic mass is 32.2. The van der Waals surface area contributed by atoms with Crippen LogP contribution in [0.2, 0.25) is 0 Å². The first kappa shape index (κ1) is 17.5. The summed E-state index contributed by atoms with van der Waals surface area (Å²) >= 11 is 1.68. The van der Waals surface area contributed by atoms with Crippen molar-refractivity contribution in [1.82, 2.24) is 9.78 Å². The van der Waals surface area contributed by atoms with Gasteiger partial charge in [-0.3, -0.25) is 9.59 Å². The molecule has 0 bridgehead atoms. The number of hydrogen-bond acceptors (Lipinski definition) is 5. The van der Waals surface area contributed by atoms with Crippen LogP contribution in [0.25, 0.3) is 0 Å². The summed E-state index contributed by atoms with van der Waals surface area (Å²) in [5.41, 5.74) is 2.87. The van der Waals surface area contributed by atoms with Crippen molar-refractivity contribution in [2.75, 3.05) is 18.2 Å². The molecule has 1 aromatic carbocycles. The van der Waals surface area contributed by atoms with Gasteiger partial charge in [0.15, 0.2) is 0 Å². The highest BCUT2D eigenvalue weighted by molar-refractivity contribution is 7.98. The molecule has 2 aromatic rings. The molecule has 3 rings (SSSR count). The lowest BCUT2D eigenvalue weighted by atomic mass is 9.86. The van der Waals surface area contributed by atoms with E-state index >= 15 is 0 Å². The van der Waals surface area contributed by atoms with Crippen LogP contribution in [0.5, 0.6) is 0 Å². The number of thioether (sulfide) groups is 1. The van der Waals surface area contributed by atoms with E-state index in [0.717, 1.165) is 16.8 Å². The zero-order chi connectivity index (χ0) is 18.0. The van der Waals surface area contributed by atoms with Gasteiger partial charge in [0.1, 0.15) is 12.4 Å². The monoisotopic (exact) mass is 359 g/mol. The van der Waals surface area contributed by atoms with Gasteiger partial charge in [-0.05, 0) is 37.8 Å². The van der Waals surface area contributed by atoms with Crippen LogP contribution in [0.15, 0.2) is 29.2 Å². The van der Waals surface area contributed by atoms with Gasteiger partial charge in [0, 0.05) is 22.8 Å². The van der Waals surface area contributed by atoms with Crippen molar-refractivity contribution in [2.24, 2.45) is 0 Å². The average Bonchev–Trinajstić information content (AvgIpc) is 2.90. The van der Waals surface area contributed by atoms with Crippen molar-refractivity contribution in [3.63, 3.8) is 0 Å². The van der Waals surface area contributed by atoms with Crippen LogP contribution in [-0.2, 0) is 20.9 Å². The van der Waals surface area contributed by atoms with Crippen LogP contribution in [0, 0.1) is 6.92 Å². The summed E-state index contributed by atoms with van der Waals surface area (Å²) in [6.45, 7) is 3.97. The Bertz CT molecular complexity index is 799. The maximum atomic E-state index is 12.2. The Morgan fingerprint density at radius 3 is 2.76 bits per heavy atom. The Kier molecular flexibility index (Phi) is 5.13. The summed E-state index contributed by atoms with van der Waals surface area (Å²) in [4.78, 5) is 25.2. The molecule has 2 heterocycles. The van der Waals surface area contributed by atoms with E-state index in [0.29, 0.717) is 18.8 Å². The highest BCUT2D eigenvalue weighted by Gasteiger charge is 2.32. The zero-order valence-electron chi connectivity index (χ0n) is 14.5. The van der Waals surface area contributed by atoms with Crippen molar-refractivity contribution in [1.29, 1.82) is 0 Å². The minimum absolute atomic E-state index is 0.0115. The third-order valence-corrected chi connectivity index (χ3v) is 5.02. The molecule has 0 aliphatic carbocycles. The fourth-order valence-electron chi connectivity index (χ4n) is 3.18. The smallest absolute Gasteiger partial charge is 0.327 e. The lowest BCUT2D eigenvalue weighted by molar-refractivity contribution is -0.144. The number of rotatable bonds is 5. The Labute approximate surface area is 150 Å². The number of nitrogens with zero attached hydrogens (tertiary/aromatic N) is 2. The number of carbonyl (C=O) groups is 2. The molecule has 1 unspecified atom stereocenters. The van der Waals surface area contributed by atoms with Crippen molar-refractivity contribution < 1.29 is 14.3 Å². The number of ether oxygens (including phenoxy) is 1. The number of anilines is 1. The van der Waals surface area contributed by atoms with Crippen molar-refractivity contribution >= 4 is 29.5 Å². The Hall–Kier alpha value is -2.28. The summed E-state index contributed by atoms with van der Waals surface area (Å²) in [5, 5.41) is 7.32. The molecular formula is C18H21N3O3S. The number of esters is 1. The summed E-state index contributed by atoms with van der Waals surface area (Å²) in [5.74, 6) is 0.0984. The first-order chi connectivity index (χ1) is 12.0. The van der Waals surface area contributed by atoms with Crippen LogP contribution >= 0.6 is 11.8 Å². The summed E-state index contributed by atoms with van der Waals surface area (Å²) in [6, 6.07) is 8.23. The molecule has 7 heteroatoms. The standard InChI is InChI=1S/C18H21N3O3S/c1-4-24-16(23)10-21-18-17(11(2)20-21)14(9-15(22)19-18)12-5-7-13(25-3)8-6-12/h5-8,14H,4,9-10H2,1-3H3,(H,19,22). The van der Waals surface area contributed by atoms with Crippen LogP contribution < -0.4 is 5.32 Å². The average molecular weight is 359 g/mol. The molecule has 1 aromatic heterocycles. The molecule has 1 aliphatic heterocycles. The van der Waals surface area contributed by atoms with Gasteiger partial charge in [-0.2, -0.15) is 5.10 Å². The van der Waals surface area contributed by atoms with Gasteiger partial charge < -0.3 is 10.1 Å². The zero-order valence-corrected chi connectivity index (χ0v) is 15.4. The second-order valence-electron chi connectivity index (χ2n) is 5.89. The van der Waals surface area contributed by atoms with Gasteiger partial charge in [0.2, 0.25) is 5.91 Å². The first-order valence-electron chi connectivity index (χ1n) is 8.20. The normalized spacial score (nSPS) is 16.3. The third-order valence-electron chi connectivity index (χ3n) is 4.27. The summed E-state index contributed by atoms with van der Waals surface area (Å²) in [6.07, 6.45) is 2.41. The second-order valence-corrected chi connectivity index (χ2v) is 6.77. The van der Waals surface area contributed by atoms with E-state index in [1.54, 1.807) is 18.7 Å². The number of fused-ring (bicyclic) bond motifs is 1. The predicted molar refractivity (Wildman–Crippen MR) is 96.9 cm³/mol. The Balaban J connectivity index is 1.98. The molecule has 6 nitrogen and oxygen atoms in total. The number of aromatic nitrogens is 2. The quantitative estimate of drug-likeness (QED) is 0.656. The van der Waals surface area contributed by atoms with E-state index in [2.05, 4.69) is 34.7 Å². The Morgan fingerprint density at radius 1 is 1.40 bits per heavy atom. The lowest BCUT2D eigenvalue weighted by Gasteiger charge is -2.24. The molecule has 0 saturated carbocycles. The SMILES string of the molecule is CCOC(=O)Cn1nc(C)c2c1NC(=O)CC2c1ccc(SC)cc1. The molecular weight excluding hydrogens is 338 g/mol. The van der Waals surface area contributed by atoms with E-state index in [-0.39, 0.29) is 24.3 Å². The van der Waals surface area contributed by atoms with Gasteiger partial charge in [-0.15, -0.1) is 11.8 Å². The van der Waals surface area contributed by atoms with E-state index in [9.17, 15) is 9.59 Å². The molecule has 0 fully saturated rings. The summed E-state index contributed by atoms with van der Waals surface area (Å²) < 4.78 is 6.53. The minimum Gasteiger partial charge on any atom is -0.465 e. The maximum Gasteiger partial charge on any atom is 0.327 e. The van der Waals surface area contributed by atoms with Crippen LogP contribution in [-0.4, -0.2) is 34.5 Å². The van der Waals surface area contributed by atoms with Crippen LogP contribution in [0.4, 0.5) is 5.82 Å². The Morgan fingerprint density at radius 2 is 2.12 bits per heavy atom. The molecule has 0 spiro atoms. The van der Waals surface area contributed by atoms with Crippen LogP contribution in [0.3, 0.4) is 0 Å². The van der Waals surface area contributed by atoms with Crippen molar-refractivity contribution in [2.45, 2.75) is 37.6 Å². The number of carbonyl (C=O) groups excluding carboxylic acids is 2. The van der Waals surface area contributed by atoms with Gasteiger partial charge in [0.05, 0.1) is 12.3 Å². The molecule has 1 N–H and O–H groups in total. The van der Waals surface area contributed by atoms with E-state index in [1.165, 1.54) is 9.58 Å². The predicted octanol–water partition coefficient (Wildman–Crippen LogP) is 2.95. The molecule has 0 radical (unpaired) electrons. The van der Waals surface area contributed by atoms with E-state index in [1.807, 2.05) is 13.2 Å². The summed E-state index contributed by atoms with van der Waals surface area (Å²) in [7, 11) is 0.